The minimum Gasteiger partial charge on any atom is -0.452 e. The van der Waals surface area contributed by atoms with Gasteiger partial charge in [-0.15, -0.1) is 11.8 Å². The lowest BCUT2D eigenvalue weighted by Crippen LogP contribution is -2.49. The van der Waals surface area contributed by atoms with Crippen molar-refractivity contribution in [3.8, 4) is 0 Å². The molecule has 2 fully saturated rings. The molecule has 0 radical (unpaired) electrons. The van der Waals surface area contributed by atoms with Crippen molar-refractivity contribution in [2.24, 2.45) is 0 Å². The smallest absolute Gasteiger partial charge is 0.339 e. The molecule has 0 spiro atoms. The number of hydrogen-bond donors (Lipinski definition) is 0. The van der Waals surface area contributed by atoms with Crippen LogP contribution >= 0.6 is 11.8 Å². The van der Waals surface area contributed by atoms with E-state index in [1.807, 2.05) is 37.9 Å². The summed E-state index contributed by atoms with van der Waals surface area (Å²) in [5.74, 6) is -0.450. The van der Waals surface area contributed by atoms with Gasteiger partial charge in [0.25, 0.3) is 5.91 Å². The van der Waals surface area contributed by atoms with E-state index >= 15 is 0 Å². The summed E-state index contributed by atoms with van der Waals surface area (Å²) in [4.78, 5) is 42.1. The number of nitrogens with zero attached hydrogens (tertiary/aromatic N) is 2. The van der Waals surface area contributed by atoms with Crippen LogP contribution < -0.4 is 0 Å². The van der Waals surface area contributed by atoms with Crippen molar-refractivity contribution in [3.05, 3.63) is 29.8 Å². The van der Waals surface area contributed by atoms with Gasteiger partial charge in [0.15, 0.2) is 6.61 Å². The lowest BCUT2D eigenvalue weighted by Gasteiger charge is -2.35. The van der Waals surface area contributed by atoms with E-state index in [-0.39, 0.29) is 36.4 Å². The van der Waals surface area contributed by atoms with Gasteiger partial charge in [-0.2, -0.15) is 0 Å². The number of carbonyl (C=O) groups excluding carboxylic acids is 3. The molecule has 32 heavy (non-hydrogen) atoms. The normalized spacial score (nSPS) is 21.8. The zero-order chi connectivity index (χ0) is 23.1. The summed E-state index contributed by atoms with van der Waals surface area (Å²) in [6, 6.07) is 7.37. The van der Waals surface area contributed by atoms with Crippen LogP contribution in [-0.2, 0) is 19.1 Å². The Morgan fingerprint density at radius 3 is 2.44 bits per heavy atom. The lowest BCUT2D eigenvalue weighted by atomic mass is 9.94. The molecule has 1 aliphatic carbocycles. The summed E-state index contributed by atoms with van der Waals surface area (Å²) < 4.78 is 11.0. The molecule has 0 aromatic heterocycles. The molecular weight excluding hydrogens is 428 g/mol. The number of benzene rings is 1. The number of ether oxygens (including phenoxy) is 2. The molecule has 2 unspecified atom stereocenters. The van der Waals surface area contributed by atoms with E-state index in [9.17, 15) is 14.4 Å². The number of amides is 2. The summed E-state index contributed by atoms with van der Waals surface area (Å²) in [5.41, 5.74) is 0.377. The molecule has 3 rings (SSSR count). The SMILES string of the molecule is CC1CN(C(=O)COC(=O)c2ccccc2SCC(=O)N(C)C2CCCCC2)CC(C)O1. The van der Waals surface area contributed by atoms with Crippen molar-refractivity contribution in [2.45, 2.75) is 69.1 Å². The Morgan fingerprint density at radius 1 is 1.09 bits per heavy atom. The molecule has 2 atom stereocenters. The highest BCUT2D eigenvalue weighted by molar-refractivity contribution is 8.00. The van der Waals surface area contributed by atoms with Crippen LogP contribution in [0.2, 0.25) is 0 Å². The van der Waals surface area contributed by atoms with Crippen molar-refractivity contribution in [1.29, 1.82) is 0 Å². The lowest BCUT2D eigenvalue weighted by molar-refractivity contribution is -0.146. The molecule has 1 saturated carbocycles. The Labute approximate surface area is 194 Å². The third kappa shape index (κ3) is 6.72. The van der Waals surface area contributed by atoms with Gasteiger partial charge in [0.1, 0.15) is 0 Å². The molecule has 176 valence electrons. The van der Waals surface area contributed by atoms with Gasteiger partial charge in [-0.3, -0.25) is 9.59 Å². The molecular formula is C24H34N2O5S. The average molecular weight is 463 g/mol. The van der Waals surface area contributed by atoms with Gasteiger partial charge in [0.2, 0.25) is 5.91 Å². The maximum Gasteiger partial charge on any atom is 0.339 e. The third-order valence-corrected chi connectivity index (χ3v) is 7.13. The van der Waals surface area contributed by atoms with E-state index in [1.165, 1.54) is 31.0 Å². The number of carbonyl (C=O) groups is 3. The fraction of sp³-hybridized carbons (Fsp3) is 0.625. The van der Waals surface area contributed by atoms with Crippen LogP contribution in [0.4, 0.5) is 0 Å². The van der Waals surface area contributed by atoms with Gasteiger partial charge in [-0.25, -0.2) is 4.79 Å². The Hall–Kier alpha value is -2.06. The molecule has 1 aliphatic heterocycles. The van der Waals surface area contributed by atoms with Gasteiger partial charge in [-0.1, -0.05) is 31.4 Å². The molecule has 2 amide bonds. The van der Waals surface area contributed by atoms with Crippen LogP contribution in [0.3, 0.4) is 0 Å². The van der Waals surface area contributed by atoms with Crippen LogP contribution in [0, 0.1) is 0 Å². The second-order valence-electron chi connectivity index (χ2n) is 8.71. The largest absolute Gasteiger partial charge is 0.452 e. The van der Waals surface area contributed by atoms with Crippen molar-refractivity contribution in [1.82, 2.24) is 9.80 Å². The first kappa shape index (κ1) is 24.6. The van der Waals surface area contributed by atoms with E-state index in [0.717, 1.165) is 12.8 Å². The third-order valence-electron chi connectivity index (χ3n) is 6.07. The van der Waals surface area contributed by atoms with Crippen LogP contribution in [0.1, 0.15) is 56.3 Å². The Kier molecular flexibility index (Phi) is 8.99. The predicted octanol–water partition coefficient (Wildman–Crippen LogP) is 3.36. The molecule has 0 bridgehead atoms. The minimum atomic E-state index is -0.552. The monoisotopic (exact) mass is 462 g/mol. The molecule has 0 N–H and O–H groups in total. The molecule has 1 aromatic carbocycles. The number of rotatable bonds is 7. The number of morpholine rings is 1. The fourth-order valence-electron chi connectivity index (χ4n) is 4.35. The fourth-order valence-corrected chi connectivity index (χ4v) is 5.32. The first-order chi connectivity index (χ1) is 15.3. The topological polar surface area (TPSA) is 76.2 Å². The highest BCUT2D eigenvalue weighted by atomic mass is 32.2. The summed E-state index contributed by atoms with van der Waals surface area (Å²) in [5, 5.41) is 0. The van der Waals surface area contributed by atoms with Gasteiger partial charge in [0.05, 0.1) is 23.5 Å². The van der Waals surface area contributed by atoms with Crippen molar-refractivity contribution < 1.29 is 23.9 Å². The van der Waals surface area contributed by atoms with Crippen LogP contribution in [0.15, 0.2) is 29.2 Å². The van der Waals surface area contributed by atoms with Crippen LogP contribution in [0.25, 0.3) is 0 Å². The highest BCUT2D eigenvalue weighted by Gasteiger charge is 2.27. The number of esters is 1. The van der Waals surface area contributed by atoms with E-state index < -0.39 is 5.97 Å². The molecule has 2 aliphatic rings. The second-order valence-corrected chi connectivity index (χ2v) is 9.73. The van der Waals surface area contributed by atoms with E-state index in [4.69, 9.17) is 9.47 Å². The standard InChI is InChI=1S/C24H34N2O5S/c1-17-13-26(14-18(2)31-17)22(27)15-30-24(29)20-11-7-8-12-21(20)32-16-23(28)25(3)19-9-5-4-6-10-19/h7-8,11-12,17-19H,4-6,9-10,13-16H2,1-3H3. The van der Waals surface area contributed by atoms with Gasteiger partial charge < -0.3 is 19.3 Å². The van der Waals surface area contributed by atoms with Gasteiger partial charge in [0, 0.05) is 31.1 Å². The van der Waals surface area contributed by atoms with Crippen molar-refractivity contribution >= 4 is 29.5 Å². The zero-order valence-electron chi connectivity index (χ0n) is 19.2. The van der Waals surface area contributed by atoms with Crippen LogP contribution in [-0.4, -0.2) is 78.3 Å². The zero-order valence-corrected chi connectivity index (χ0v) is 20.1. The van der Waals surface area contributed by atoms with E-state index in [0.29, 0.717) is 29.6 Å². The number of thioether (sulfide) groups is 1. The first-order valence-electron chi connectivity index (χ1n) is 11.4. The average Bonchev–Trinajstić information content (AvgIpc) is 2.80. The quantitative estimate of drug-likeness (QED) is 0.457. The van der Waals surface area contributed by atoms with Gasteiger partial charge in [-0.05, 0) is 38.8 Å². The Bertz CT molecular complexity index is 801. The van der Waals surface area contributed by atoms with Crippen molar-refractivity contribution in [3.63, 3.8) is 0 Å². The van der Waals surface area contributed by atoms with Crippen molar-refractivity contribution in [2.75, 3.05) is 32.5 Å². The molecule has 1 aromatic rings. The Morgan fingerprint density at radius 2 is 1.75 bits per heavy atom. The molecule has 1 heterocycles. The summed E-state index contributed by atoms with van der Waals surface area (Å²) in [7, 11) is 1.87. The Balaban J connectivity index is 1.53. The number of hydrogen-bond acceptors (Lipinski definition) is 6. The molecule has 7 nitrogen and oxygen atoms in total. The summed E-state index contributed by atoms with van der Waals surface area (Å²) in [6.45, 7) is 4.51. The first-order valence-corrected chi connectivity index (χ1v) is 12.4. The maximum atomic E-state index is 12.7. The van der Waals surface area contributed by atoms with Gasteiger partial charge >= 0.3 is 5.97 Å². The van der Waals surface area contributed by atoms with E-state index in [1.54, 1.807) is 17.0 Å². The summed E-state index contributed by atoms with van der Waals surface area (Å²) in [6.07, 6.45) is 5.62. The summed E-state index contributed by atoms with van der Waals surface area (Å²) >= 11 is 1.33. The maximum absolute atomic E-state index is 12.7. The molecule has 1 saturated heterocycles. The van der Waals surface area contributed by atoms with E-state index in [2.05, 4.69) is 0 Å². The second kappa shape index (κ2) is 11.7. The highest BCUT2D eigenvalue weighted by Crippen LogP contribution is 2.26. The predicted molar refractivity (Wildman–Crippen MR) is 124 cm³/mol. The van der Waals surface area contributed by atoms with Crippen LogP contribution in [0.5, 0.6) is 0 Å². The minimum absolute atomic E-state index is 0.0418. The molecule has 8 heteroatoms.